The quantitative estimate of drug-likeness (QED) is 0.587. The van der Waals surface area contributed by atoms with Crippen molar-refractivity contribution in [2.75, 3.05) is 24.2 Å². The maximum absolute atomic E-state index is 11.9. The van der Waals surface area contributed by atoms with E-state index >= 15 is 0 Å². The van der Waals surface area contributed by atoms with E-state index < -0.39 is 0 Å². The third-order valence-electron chi connectivity index (χ3n) is 3.31. The monoisotopic (exact) mass is 380 g/mol. The van der Waals surface area contributed by atoms with E-state index in [1.807, 2.05) is 18.2 Å². The van der Waals surface area contributed by atoms with Crippen LogP contribution in [0.25, 0.3) is 0 Å². The first kappa shape index (κ1) is 17.2. The lowest BCUT2D eigenvalue weighted by atomic mass is 10.2. The van der Waals surface area contributed by atoms with Gasteiger partial charge in [-0.05, 0) is 5.56 Å². The fourth-order valence-corrected chi connectivity index (χ4v) is 4.66. The fourth-order valence-electron chi connectivity index (χ4n) is 2.08. The molecule has 0 aliphatic carbocycles. The molecule has 126 valence electrons. The zero-order valence-corrected chi connectivity index (χ0v) is 15.3. The highest BCUT2D eigenvalue weighted by Gasteiger charge is 2.21. The number of rotatable bonds is 7. The van der Waals surface area contributed by atoms with Gasteiger partial charge in [0.15, 0.2) is 4.34 Å². The average molecular weight is 381 g/mol. The van der Waals surface area contributed by atoms with E-state index in [1.54, 1.807) is 16.7 Å². The lowest BCUT2D eigenvalue weighted by Gasteiger charge is -2.13. The minimum atomic E-state index is -0.143. The Bertz CT molecular complexity index is 708. The summed E-state index contributed by atoms with van der Waals surface area (Å²) in [6.45, 7) is 1.17. The van der Waals surface area contributed by atoms with Crippen LogP contribution in [0.1, 0.15) is 12.0 Å². The number of thioether (sulfide) groups is 2. The Kier molecular flexibility index (Phi) is 6.11. The van der Waals surface area contributed by atoms with Gasteiger partial charge in [0.1, 0.15) is 0 Å². The molecule has 2 aromatic rings. The molecule has 1 aliphatic heterocycles. The van der Waals surface area contributed by atoms with Crippen molar-refractivity contribution in [2.24, 2.45) is 0 Å². The summed E-state index contributed by atoms with van der Waals surface area (Å²) in [5, 5.41) is 11.4. The molecule has 1 aliphatic rings. The summed E-state index contributed by atoms with van der Waals surface area (Å²) in [4.78, 5) is 25.1. The molecule has 0 atom stereocenters. The highest BCUT2D eigenvalue weighted by Crippen LogP contribution is 2.28. The van der Waals surface area contributed by atoms with Gasteiger partial charge in [-0.3, -0.25) is 9.59 Å². The molecule has 1 N–H and O–H groups in total. The lowest BCUT2D eigenvalue weighted by Crippen LogP contribution is -2.27. The zero-order chi connectivity index (χ0) is 16.8. The predicted octanol–water partition coefficient (Wildman–Crippen LogP) is 3.33. The van der Waals surface area contributed by atoms with Crippen molar-refractivity contribution in [3.63, 3.8) is 0 Å². The van der Waals surface area contributed by atoms with Gasteiger partial charge in [0.05, 0.1) is 0 Å². The molecule has 2 amide bonds. The summed E-state index contributed by atoms with van der Waals surface area (Å²) < 4.78 is 0.820. The van der Waals surface area contributed by atoms with Crippen LogP contribution in [0.4, 0.5) is 9.93 Å². The van der Waals surface area contributed by atoms with E-state index in [2.05, 4.69) is 27.6 Å². The van der Waals surface area contributed by atoms with Crippen molar-refractivity contribution < 1.29 is 9.59 Å². The Morgan fingerprint density at radius 3 is 2.88 bits per heavy atom. The number of aromatic nitrogens is 2. The Labute approximate surface area is 152 Å². The van der Waals surface area contributed by atoms with Gasteiger partial charge in [-0.25, -0.2) is 0 Å². The van der Waals surface area contributed by atoms with Crippen LogP contribution in [0.5, 0.6) is 0 Å². The highest BCUT2D eigenvalue weighted by atomic mass is 32.2. The van der Waals surface area contributed by atoms with Crippen LogP contribution in [-0.4, -0.2) is 45.1 Å². The molecule has 0 saturated carbocycles. The second-order valence-electron chi connectivity index (χ2n) is 5.05. The standard InChI is InChI=1S/C15H16N4O2S3/c20-12(6-7-19-8-9-22-15(19)21)16-13-17-18-14(24-13)23-10-11-4-2-1-3-5-11/h1-5H,6-10H2,(H,16,17,20). The molecule has 1 saturated heterocycles. The van der Waals surface area contributed by atoms with Crippen molar-refractivity contribution in [1.82, 2.24) is 15.1 Å². The largest absolute Gasteiger partial charge is 0.332 e. The maximum Gasteiger partial charge on any atom is 0.281 e. The van der Waals surface area contributed by atoms with E-state index in [0.717, 1.165) is 22.4 Å². The van der Waals surface area contributed by atoms with Crippen molar-refractivity contribution in [3.8, 4) is 0 Å². The first-order valence-corrected chi connectivity index (χ1v) is 10.2. The third kappa shape index (κ3) is 4.96. The smallest absolute Gasteiger partial charge is 0.281 e. The first-order chi connectivity index (χ1) is 11.7. The van der Waals surface area contributed by atoms with Gasteiger partial charge in [0, 0.05) is 31.0 Å². The van der Waals surface area contributed by atoms with Gasteiger partial charge in [0.2, 0.25) is 11.0 Å². The Morgan fingerprint density at radius 1 is 1.29 bits per heavy atom. The zero-order valence-electron chi connectivity index (χ0n) is 12.8. The molecule has 0 unspecified atom stereocenters. The Balaban J connectivity index is 1.43. The SMILES string of the molecule is O=C(CCN1CCSC1=O)Nc1nnc(SCc2ccccc2)s1. The molecule has 1 aromatic heterocycles. The van der Waals surface area contributed by atoms with Crippen molar-refractivity contribution >= 4 is 51.1 Å². The number of nitrogens with zero attached hydrogens (tertiary/aromatic N) is 3. The summed E-state index contributed by atoms with van der Waals surface area (Å²) in [7, 11) is 0. The van der Waals surface area contributed by atoms with Gasteiger partial charge in [-0.2, -0.15) is 0 Å². The summed E-state index contributed by atoms with van der Waals surface area (Å²) >= 11 is 4.26. The molecule has 24 heavy (non-hydrogen) atoms. The van der Waals surface area contributed by atoms with Crippen LogP contribution < -0.4 is 5.32 Å². The summed E-state index contributed by atoms with van der Waals surface area (Å²) in [5.74, 6) is 1.48. The molecule has 9 heteroatoms. The number of nitrogens with one attached hydrogen (secondary N) is 1. The molecule has 1 fully saturated rings. The summed E-state index contributed by atoms with van der Waals surface area (Å²) in [6, 6.07) is 10.1. The van der Waals surface area contributed by atoms with Crippen LogP contribution >= 0.6 is 34.9 Å². The topological polar surface area (TPSA) is 75.2 Å². The van der Waals surface area contributed by atoms with Gasteiger partial charge in [0.25, 0.3) is 5.24 Å². The minimum Gasteiger partial charge on any atom is -0.332 e. The summed E-state index contributed by atoms with van der Waals surface area (Å²) in [5.41, 5.74) is 1.22. The van der Waals surface area contributed by atoms with Crippen LogP contribution in [0.3, 0.4) is 0 Å². The Hall–Kier alpha value is -1.58. The van der Waals surface area contributed by atoms with Gasteiger partial charge >= 0.3 is 0 Å². The normalized spacial score (nSPS) is 14.2. The van der Waals surface area contributed by atoms with E-state index in [4.69, 9.17) is 0 Å². The first-order valence-electron chi connectivity index (χ1n) is 7.42. The van der Waals surface area contributed by atoms with Gasteiger partial charge < -0.3 is 10.2 Å². The van der Waals surface area contributed by atoms with Crippen LogP contribution in [0.15, 0.2) is 34.7 Å². The number of hydrogen-bond acceptors (Lipinski definition) is 7. The van der Waals surface area contributed by atoms with Gasteiger partial charge in [-0.15, -0.1) is 10.2 Å². The molecule has 2 heterocycles. The number of carbonyl (C=O) groups is 2. The maximum atomic E-state index is 11.9. The molecular weight excluding hydrogens is 364 g/mol. The molecule has 0 spiro atoms. The van der Waals surface area contributed by atoms with Crippen molar-refractivity contribution in [1.29, 1.82) is 0 Å². The number of anilines is 1. The van der Waals surface area contributed by atoms with E-state index in [9.17, 15) is 9.59 Å². The van der Waals surface area contributed by atoms with Crippen LogP contribution in [0, 0.1) is 0 Å². The number of benzene rings is 1. The second-order valence-corrected chi connectivity index (χ2v) is 8.29. The molecule has 1 aromatic carbocycles. The fraction of sp³-hybridized carbons (Fsp3) is 0.333. The minimum absolute atomic E-state index is 0.0540. The van der Waals surface area contributed by atoms with E-state index in [0.29, 0.717) is 11.7 Å². The predicted molar refractivity (Wildman–Crippen MR) is 98.6 cm³/mol. The lowest BCUT2D eigenvalue weighted by molar-refractivity contribution is -0.116. The molecular formula is C15H16N4O2S3. The molecule has 0 bridgehead atoms. The van der Waals surface area contributed by atoms with Gasteiger partial charge in [-0.1, -0.05) is 65.2 Å². The van der Waals surface area contributed by atoms with E-state index in [-0.39, 0.29) is 17.6 Å². The van der Waals surface area contributed by atoms with Crippen LogP contribution in [-0.2, 0) is 10.5 Å². The van der Waals surface area contributed by atoms with E-state index in [1.165, 1.54) is 28.7 Å². The van der Waals surface area contributed by atoms with Crippen LogP contribution in [0.2, 0.25) is 0 Å². The van der Waals surface area contributed by atoms with Crippen molar-refractivity contribution in [3.05, 3.63) is 35.9 Å². The molecule has 3 rings (SSSR count). The second kappa shape index (κ2) is 8.50. The molecule has 6 nitrogen and oxygen atoms in total. The summed E-state index contributed by atoms with van der Waals surface area (Å²) in [6.07, 6.45) is 0.276. The highest BCUT2D eigenvalue weighted by molar-refractivity contribution is 8.13. The number of hydrogen-bond donors (Lipinski definition) is 1. The molecule has 0 radical (unpaired) electrons. The number of amides is 2. The number of carbonyl (C=O) groups excluding carboxylic acids is 2. The Morgan fingerprint density at radius 2 is 2.12 bits per heavy atom. The van der Waals surface area contributed by atoms with Crippen molar-refractivity contribution in [2.45, 2.75) is 16.5 Å². The third-order valence-corrected chi connectivity index (χ3v) is 6.25. The average Bonchev–Trinajstić information content (AvgIpc) is 3.21.